The van der Waals surface area contributed by atoms with Gasteiger partial charge in [0.1, 0.15) is 5.01 Å². The fourth-order valence-corrected chi connectivity index (χ4v) is 6.71. The number of thiazole rings is 1. The van der Waals surface area contributed by atoms with E-state index in [-0.39, 0.29) is 28.9 Å². The van der Waals surface area contributed by atoms with Crippen molar-refractivity contribution in [1.29, 1.82) is 0 Å². The minimum Gasteiger partial charge on any atom is -0.760 e. The third-order valence-electron chi connectivity index (χ3n) is 5.68. The second-order valence-electron chi connectivity index (χ2n) is 8.63. The topological polar surface area (TPSA) is 158 Å². The van der Waals surface area contributed by atoms with Gasteiger partial charge in [0, 0.05) is 23.1 Å². The molecule has 1 aliphatic heterocycles. The predicted molar refractivity (Wildman–Crippen MR) is 133 cm³/mol. The van der Waals surface area contributed by atoms with Crippen molar-refractivity contribution in [3.05, 3.63) is 64.8 Å². The SMILES string of the molecule is CS(=O)(=O)C(c1nnc(CNS(=O)[O-])o1)c1nc2ccc(-c3cccc(C(=O)N4CC(F)(F)C4)c3)cc2s1. The van der Waals surface area contributed by atoms with E-state index >= 15 is 0 Å². The summed E-state index contributed by atoms with van der Waals surface area (Å²) in [6.45, 7) is -1.52. The van der Waals surface area contributed by atoms with Crippen LogP contribution in [0.15, 0.2) is 46.9 Å². The number of amides is 1. The number of rotatable bonds is 8. The molecule has 4 aromatic rings. The van der Waals surface area contributed by atoms with Crippen LogP contribution in [0.2, 0.25) is 0 Å². The van der Waals surface area contributed by atoms with Crippen molar-refractivity contribution >= 4 is 48.6 Å². The third kappa shape index (κ3) is 5.49. The summed E-state index contributed by atoms with van der Waals surface area (Å²) in [5.41, 5.74) is 2.18. The molecular weight excluding hydrogens is 564 g/mol. The van der Waals surface area contributed by atoms with Crippen LogP contribution >= 0.6 is 11.3 Å². The highest BCUT2D eigenvalue weighted by Crippen LogP contribution is 2.36. The molecule has 38 heavy (non-hydrogen) atoms. The monoisotopic (exact) mass is 582 g/mol. The Morgan fingerprint density at radius 1 is 1.24 bits per heavy atom. The van der Waals surface area contributed by atoms with Crippen LogP contribution in [-0.4, -0.2) is 68.4 Å². The molecule has 2 unspecified atom stereocenters. The molecule has 1 aliphatic rings. The van der Waals surface area contributed by atoms with Gasteiger partial charge in [0.15, 0.2) is 15.1 Å². The van der Waals surface area contributed by atoms with E-state index in [9.17, 15) is 30.8 Å². The van der Waals surface area contributed by atoms with Gasteiger partial charge in [0.25, 0.3) is 11.8 Å². The zero-order valence-corrected chi connectivity index (χ0v) is 21.9. The molecule has 2 aromatic heterocycles. The molecule has 200 valence electrons. The molecule has 16 heteroatoms. The summed E-state index contributed by atoms with van der Waals surface area (Å²) in [6.07, 6.45) is 1.00. The quantitative estimate of drug-likeness (QED) is 0.308. The fraction of sp³-hybridized carbons (Fsp3) is 0.273. The van der Waals surface area contributed by atoms with Crippen molar-refractivity contribution in [2.75, 3.05) is 19.3 Å². The zero-order valence-electron chi connectivity index (χ0n) is 19.5. The van der Waals surface area contributed by atoms with Gasteiger partial charge in [-0.1, -0.05) is 18.2 Å². The molecule has 1 amide bonds. The van der Waals surface area contributed by atoms with Gasteiger partial charge < -0.3 is 13.9 Å². The number of hydrogen-bond donors (Lipinski definition) is 1. The van der Waals surface area contributed by atoms with E-state index in [4.69, 9.17) is 4.42 Å². The number of aromatic nitrogens is 3. The van der Waals surface area contributed by atoms with Crippen LogP contribution in [0, 0.1) is 0 Å². The van der Waals surface area contributed by atoms with Crippen LogP contribution in [0.3, 0.4) is 0 Å². The number of alkyl halides is 2. The molecule has 3 heterocycles. The van der Waals surface area contributed by atoms with Crippen LogP contribution in [-0.2, 0) is 27.6 Å². The van der Waals surface area contributed by atoms with Gasteiger partial charge in [0.05, 0.1) is 29.9 Å². The Bertz CT molecular complexity index is 1660. The predicted octanol–water partition coefficient (Wildman–Crippen LogP) is 2.46. The Balaban J connectivity index is 1.44. The van der Waals surface area contributed by atoms with Gasteiger partial charge in [0.2, 0.25) is 11.8 Å². The summed E-state index contributed by atoms with van der Waals surface area (Å²) in [4.78, 5) is 18.1. The van der Waals surface area contributed by atoms with E-state index in [0.717, 1.165) is 22.5 Å². The van der Waals surface area contributed by atoms with E-state index in [1.54, 1.807) is 42.5 Å². The molecule has 0 radical (unpaired) electrons. The zero-order chi connectivity index (χ0) is 27.2. The maximum atomic E-state index is 13.2. The first kappa shape index (κ1) is 26.4. The van der Waals surface area contributed by atoms with Crippen molar-refractivity contribution in [3.8, 4) is 11.1 Å². The van der Waals surface area contributed by atoms with Gasteiger partial charge in [-0.05, 0) is 35.4 Å². The van der Waals surface area contributed by atoms with Gasteiger partial charge in [-0.25, -0.2) is 26.9 Å². The number of halogens is 2. The smallest absolute Gasteiger partial charge is 0.282 e. The van der Waals surface area contributed by atoms with E-state index in [1.807, 2.05) is 0 Å². The fourth-order valence-electron chi connectivity index (χ4n) is 3.94. The van der Waals surface area contributed by atoms with Crippen molar-refractivity contribution < 1.29 is 35.2 Å². The van der Waals surface area contributed by atoms with Gasteiger partial charge in [-0.15, -0.1) is 21.5 Å². The van der Waals surface area contributed by atoms with E-state index in [1.165, 1.54) is 0 Å². The molecule has 0 saturated carbocycles. The highest BCUT2D eigenvalue weighted by molar-refractivity contribution is 7.91. The number of sulfone groups is 1. The number of carbonyl (C=O) groups is 1. The Hall–Kier alpha value is -3.18. The standard InChI is InChI=1S/C22H19F2N5O6S3/c1-38(33,34)18(19-28-27-17(35-19)9-25-37(31)32)20-26-15-6-5-13(8-16(15)36-20)12-3-2-4-14(7-12)21(30)29-10-22(23,24)11-29/h2-8,18,25H,9-11H2,1H3,(H,31,32)/p-1. The lowest BCUT2D eigenvalue weighted by Crippen LogP contribution is -2.58. The summed E-state index contributed by atoms with van der Waals surface area (Å²) in [5.74, 6) is -3.70. The molecular formula is C22H18F2N5O6S3-. The molecule has 1 N–H and O–H groups in total. The highest BCUT2D eigenvalue weighted by atomic mass is 32.2. The van der Waals surface area contributed by atoms with E-state index in [2.05, 4.69) is 19.9 Å². The summed E-state index contributed by atoms with van der Waals surface area (Å²) >= 11 is -1.46. The van der Waals surface area contributed by atoms with E-state index < -0.39 is 51.3 Å². The largest absolute Gasteiger partial charge is 0.760 e. The minimum absolute atomic E-state index is 0.113. The molecule has 2 atom stereocenters. The number of nitrogens with zero attached hydrogens (tertiary/aromatic N) is 4. The first-order chi connectivity index (χ1) is 17.9. The molecule has 11 nitrogen and oxygen atoms in total. The second-order valence-corrected chi connectivity index (χ2v) is 12.6. The molecule has 1 fully saturated rings. The third-order valence-corrected chi connectivity index (χ3v) is 8.57. The number of fused-ring (bicyclic) bond motifs is 1. The normalized spacial score (nSPS) is 16.8. The summed E-state index contributed by atoms with van der Waals surface area (Å²) < 4.78 is 81.1. The number of likely N-dealkylation sites (tertiary alicyclic amines) is 1. The lowest BCUT2D eigenvalue weighted by atomic mass is 10.0. The number of nitrogens with one attached hydrogen (secondary N) is 1. The van der Waals surface area contributed by atoms with Crippen LogP contribution in [0.25, 0.3) is 21.3 Å². The second kappa shape index (κ2) is 9.85. The summed E-state index contributed by atoms with van der Waals surface area (Å²) in [7, 11) is -3.81. The molecule has 0 spiro atoms. The van der Waals surface area contributed by atoms with Crippen LogP contribution in [0.1, 0.15) is 32.4 Å². The van der Waals surface area contributed by atoms with Crippen LogP contribution in [0.5, 0.6) is 0 Å². The Morgan fingerprint density at radius 2 is 1.97 bits per heavy atom. The molecule has 1 saturated heterocycles. The van der Waals surface area contributed by atoms with Crippen LogP contribution < -0.4 is 4.72 Å². The lowest BCUT2D eigenvalue weighted by molar-refractivity contribution is -0.113. The Labute approximate surface area is 221 Å². The summed E-state index contributed by atoms with van der Waals surface area (Å²) in [6, 6.07) is 11.8. The first-order valence-electron chi connectivity index (χ1n) is 10.9. The van der Waals surface area contributed by atoms with Crippen molar-refractivity contribution in [3.63, 3.8) is 0 Å². The average Bonchev–Trinajstić information content (AvgIpc) is 3.46. The maximum absolute atomic E-state index is 13.2. The molecule has 5 rings (SSSR count). The van der Waals surface area contributed by atoms with Gasteiger partial charge in [-0.2, -0.15) is 0 Å². The van der Waals surface area contributed by atoms with Crippen LogP contribution in [0.4, 0.5) is 8.78 Å². The minimum atomic E-state index is -3.81. The van der Waals surface area contributed by atoms with Crippen molar-refractivity contribution in [2.45, 2.75) is 17.7 Å². The average molecular weight is 583 g/mol. The Morgan fingerprint density at radius 3 is 2.66 bits per heavy atom. The highest BCUT2D eigenvalue weighted by Gasteiger charge is 2.46. The number of hydrogen-bond acceptors (Lipinski definition) is 10. The van der Waals surface area contributed by atoms with Crippen molar-refractivity contribution in [2.24, 2.45) is 0 Å². The maximum Gasteiger partial charge on any atom is 0.282 e. The summed E-state index contributed by atoms with van der Waals surface area (Å²) in [5, 5.41) is 6.29. The molecule has 0 aliphatic carbocycles. The van der Waals surface area contributed by atoms with Gasteiger partial charge in [-0.3, -0.25) is 9.00 Å². The van der Waals surface area contributed by atoms with Crippen molar-refractivity contribution in [1.82, 2.24) is 24.8 Å². The van der Waals surface area contributed by atoms with Gasteiger partial charge >= 0.3 is 0 Å². The lowest BCUT2D eigenvalue weighted by Gasteiger charge is -2.38. The first-order valence-corrected chi connectivity index (χ1v) is 14.8. The molecule has 2 aromatic carbocycles. The van der Waals surface area contributed by atoms with E-state index in [0.29, 0.717) is 21.3 Å². The number of benzene rings is 2. The Kier molecular flexibility index (Phi) is 6.85. The molecule has 0 bridgehead atoms. The number of carbonyl (C=O) groups excluding carboxylic acids is 1.